The first kappa shape index (κ1) is 12.9. The Morgan fingerprint density at radius 2 is 1.89 bits per heavy atom. The number of benzene rings is 2. The van der Waals surface area contributed by atoms with Gasteiger partial charge in [-0.05, 0) is 42.3 Å². The largest absolute Gasteiger partial charge is 0.484 e. The van der Waals surface area contributed by atoms with E-state index in [1.807, 2.05) is 55.5 Å². The van der Waals surface area contributed by atoms with Gasteiger partial charge in [0.1, 0.15) is 11.9 Å². The molecule has 2 rings (SSSR count). The maximum atomic E-state index is 5.90. The molecular formula is C15H16ClNO. The fourth-order valence-electron chi connectivity index (χ4n) is 1.78. The van der Waals surface area contributed by atoms with Crippen molar-refractivity contribution in [1.82, 2.24) is 0 Å². The van der Waals surface area contributed by atoms with Gasteiger partial charge in [0, 0.05) is 11.6 Å². The summed E-state index contributed by atoms with van der Waals surface area (Å²) in [6.45, 7) is 2.46. The van der Waals surface area contributed by atoms with Gasteiger partial charge in [-0.2, -0.15) is 0 Å². The van der Waals surface area contributed by atoms with E-state index in [4.69, 9.17) is 22.1 Å². The molecule has 0 aliphatic heterocycles. The molecule has 3 heteroatoms. The molecule has 0 aliphatic carbocycles. The van der Waals surface area contributed by atoms with E-state index < -0.39 is 0 Å². The van der Waals surface area contributed by atoms with Gasteiger partial charge in [0.05, 0.1) is 0 Å². The Labute approximate surface area is 112 Å². The van der Waals surface area contributed by atoms with Crippen molar-refractivity contribution in [2.24, 2.45) is 5.73 Å². The Balaban J connectivity index is 2.17. The molecule has 0 aromatic heterocycles. The third kappa shape index (κ3) is 3.25. The van der Waals surface area contributed by atoms with Crippen LogP contribution in [0.1, 0.15) is 17.2 Å². The number of aryl methyl sites for hydroxylation is 1. The minimum Gasteiger partial charge on any atom is -0.484 e. The molecular weight excluding hydrogens is 246 g/mol. The summed E-state index contributed by atoms with van der Waals surface area (Å²) in [6, 6.07) is 15.5. The first-order chi connectivity index (χ1) is 8.69. The minimum absolute atomic E-state index is 0.149. The van der Waals surface area contributed by atoms with Crippen LogP contribution in [0.4, 0.5) is 0 Å². The van der Waals surface area contributed by atoms with Gasteiger partial charge in [0.15, 0.2) is 0 Å². The van der Waals surface area contributed by atoms with Crippen molar-refractivity contribution in [3.63, 3.8) is 0 Å². The predicted octanol–water partition coefficient (Wildman–Crippen LogP) is 3.73. The molecule has 0 saturated heterocycles. The lowest BCUT2D eigenvalue weighted by Gasteiger charge is -2.18. The molecule has 0 spiro atoms. The zero-order chi connectivity index (χ0) is 13.0. The van der Waals surface area contributed by atoms with Crippen molar-refractivity contribution in [3.8, 4) is 5.75 Å². The molecule has 1 atom stereocenters. The van der Waals surface area contributed by atoms with Gasteiger partial charge in [0.25, 0.3) is 0 Å². The highest BCUT2D eigenvalue weighted by Crippen LogP contribution is 2.23. The van der Waals surface area contributed by atoms with Crippen LogP contribution in [0.2, 0.25) is 5.02 Å². The monoisotopic (exact) mass is 261 g/mol. The molecule has 0 fully saturated rings. The van der Waals surface area contributed by atoms with Crippen LogP contribution in [-0.4, -0.2) is 6.54 Å². The summed E-state index contributed by atoms with van der Waals surface area (Å²) in [5, 5.41) is 0.713. The standard InChI is InChI=1S/C15H16ClNO/c1-11-3-2-4-14(9-11)18-15(10-17)12-5-7-13(16)8-6-12/h2-9,15H,10,17H2,1H3. The van der Waals surface area contributed by atoms with Crippen LogP contribution in [-0.2, 0) is 0 Å². The fourth-order valence-corrected chi connectivity index (χ4v) is 1.91. The molecule has 0 saturated carbocycles. The van der Waals surface area contributed by atoms with E-state index in [2.05, 4.69) is 0 Å². The number of hydrogen-bond acceptors (Lipinski definition) is 2. The van der Waals surface area contributed by atoms with Crippen molar-refractivity contribution < 1.29 is 4.74 Å². The summed E-state index contributed by atoms with van der Waals surface area (Å²) in [6.07, 6.45) is -0.149. The van der Waals surface area contributed by atoms with E-state index in [9.17, 15) is 0 Å². The quantitative estimate of drug-likeness (QED) is 0.910. The molecule has 2 N–H and O–H groups in total. The first-order valence-corrected chi connectivity index (χ1v) is 6.25. The van der Waals surface area contributed by atoms with Gasteiger partial charge in [-0.25, -0.2) is 0 Å². The van der Waals surface area contributed by atoms with Crippen molar-refractivity contribution in [2.75, 3.05) is 6.54 Å². The average Bonchev–Trinajstić information content (AvgIpc) is 2.37. The second kappa shape index (κ2) is 5.89. The second-order valence-corrected chi connectivity index (χ2v) is 4.65. The molecule has 0 radical (unpaired) electrons. The summed E-state index contributed by atoms with van der Waals surface area (Å²) in [7, 11) is 0. The van der Waals surface area contributed by atoms with Gasteiger partial charge in [-0.15, -0.1) is 0 Å². The molecule has 0 amide bonds. The average molecular weight is 262 g/mol. The molecule has 0 aliphatic rings. The van der Waals surface area contributed by atoms with Gasteiger partial charge < -0.3 is 10.5 Å². The smallest absolute Gasteiger partial charge is 0.136 e. The molecule has 0 heterocycles. The third-order valence-electron chi connectivity index (χ3n) is 2.72. The Bertz CT molecular complexity index is 510. The van der Waals surface area contributed by atoms with E-state index in [-0.39, 0.29) is 6.10 Å². The van der Waals surface area contributed by atoms with Gasteiger partial charge in [-0.1, -0.05) is 35.9 Å². The third-order valence-corrected chi connectivity index (χ3v) is 2.98. The molecule has 18 heavy (non-hydrogen) atoms. The lowest BCUT2D eigenvalue weighted by atomic mass is 10.1. The van der Waals surface area contributed by atoms with Crippen molar-refractivity contribution in [2.45, 2.75) is 13.0 Å². The Kier molecular flexibility index (Phi) is 4.24. The maximum absolute atomic E-state index is 5.90. The maximum Gasteiger partial charge on any atom is 0.136 e. The Hall–Kier alpha value is -1.51. The minimum atomic E-state index is -0.149. The normalized spacial score (nSPS) is 12.2. The second-order valence-electron chi connectivity index (χ2n) is 4.21. The van der Waals surface area contributed by atoms with Gasteiger partial charge in [0.2, 0.25) is 0 Å². The lowest BCUT2D eigenvalue weighted by molar-refractivity contribution is 0.214. The molecule has 94 valence electrons. The zero-order valence-electron chi connectivity index (χ0n) is 10.3. The first-order valence-electron chi connectivity index (χ1n) is 5.88. The number of ether oxygens (including phenoxy) is 1. The molecule has 0 bridgehead atoms. The van der Waals surface area contributed by atoms with Crippen LogP contribution in [0.25, 0.3) is 0 Å². The molecule has 2 aromatic carbocycles. The fraction of sp³-hybridized carbons (Fsp3) is 0.200. The van der Waals surface area contributed by atoms with Crippen LogP contribution < -0.4 is 10.5 Å². The number of nitrogens with two attached hydrogens (primary N) is 1. The van der Waals surface area contributed by atoms with Crippen LogP contribution >= 0.6 is 11.6 Å². The highest BCUT2D eigenvalue weighted by molar-refractivity contribution is 6.30. The van der Waals surface area contributed by atoms with E-state index in [0.717, 1.165) is 11.3 Å². The van der Waals surface area contributed by atoms with Crippen molar-refractivity contribution >= 4 is 11.6 Å². The van der Waals surface area contributed by atoms with Crippen LogP contribution in [0.15, 0.2) is 48.5 Å². The lowest BCUT2D eigenvalue weighted by Crippen LogP contribution is -2.18. The van der Waals surface area contributed by atoms with E-state index in [1.54, 1.807) is 0 Å². The van der Waals surface area contributed by atoms with Crippen molar-refractivity contribution in [3.05, 3.63) is 64.7 Å². The van der Waals surface area contributed by atoms with Crippen LogP contribution in [0.3, 0.4) is 0 Å². The SMILES string of the molecule is Cc1cccc(OC(CN)c2ccc(Cl)cc2)c1. The Morgan fingerprint density at radius 1 is 1.17 bits per heavy atom. The molecule has 1 unspecified atom stereocenters. The number of halogens is 1. The summed E-state index contributed by atoms with van der Waals surface area (Å²) in [4.78, 5) is 0. The number of hydrogen-bond donors (Lipinski definition) is 1. The topological polar surface area (TPSA) is 35.2 Å². The van der Waals surface area contributed by atoms with E-state index in [0.29, 0.717) is 11.6 Å². The van der Waals surface area contributed by atoms with E-state index >= 15 is 0 Å². The van der Waals surface area contributed by atoms with Crippen LogP contribution in [0.5, 0.6) is 5.75 Å². The van der Waals surface area contributed by atoms with Gasteiger partial charge >= 0.3 is 0 Å². The highest BCUT2D eigenvalue weighted by Gasteiger charge is 2.11. The summed E-state index contributed by atoms with van der Waals surface area (Å²) >= 11 is 5.87. The summed E-state index contributed by atoms with van der Waals surface area (Å²) < 4.78 is 5.90. The Morgan fingerprint density at radius 3 is 2.50 bits per heavy atom. The van der Waals surface area contributed by atoms with E-state index in [1.165, 1.54) is 5.56 Å². The van der Waals surface area contributed by atoms with Gasteiger partial charge in [-0.3, -0.25) is 0 Å². The number of rotatable bonds is 4. The molecule has 2 aromatic rings. The zero-order valence-corrected chi connectivity index (χ0v) is 11.0. The highest BCUT2D eigenvalue weighted by atomic mass is 35.5. The predicted molar refractivity (Wildman–Crippen MR) is 75.1 cm³/mol. The van der Waals surface area contributed by atoms with Crippen LogP contribution in [0, 0.1) is 6.92 Å². The summed E-state index contributed by atoms with van der Waals surface area (Å²) in [5.41, 5.74) is 7.97. The molecule has 2 nitrogen and oxygen atoms in total. The summed E-state index contributed by atoms with van der Waals surface area (Å²) in [5.74, 6) is 0.834. The van der Waals surface area contributed by atoms with Crippen molar-refractivity contribution in [1.29, 1.82) is 0 Å².